The summed E-state index contributed by atoms with van der Waals surface area (Å²) < 4.78 is 1.45. The summed E-state index contributed by atoms with van der Waals surface area (Å²) in [7, 11) is 1.47. The predicted octanol–water partition coefficient (Wildman–Crippen LogP) is -0.459. The predicted molar refractivity (Wildman–Crippen MR) is 74.5 cm³/mol. The van der Waals surface area contributed by atoms with Crippen LogP contribution >= 0.6 is 0 Å². The molecular formula is C14H14N4O3. The zero-order valence-electron chi connectivity index (χ0n) is 11.4. The SMILES string of the molecule is CN1C(=O)CC(NCc2cc(=O)n3ccccc3n2)C1=O. The summed E-state index contributed by atoms with van der Waals surface area (Å²) in [4.78, 5) is 40.6. The fraction of sp³-hybridized carbons (Fsp3) is 0.286. The first-order valence-corrected chi connectivity index (χ1v) is 6.57. The van der Waals surface area contributed by atoms with Gasteiger partial charge < -0.3 is 0 Å². The summed E-state index contributed by atoms with van der Waals surface area (Å²) in [6, 6.07) is 6.17. The normalized spacial score (nSPS) is 18.7. The van der Waals surface area contributed by atoms with E-state index in [1.807, 2.05) is 0 Å². The van der Waals surface area contributed by atoms with Crippen molar-refractivity contribution in [2.45, 2.75) is 19.0 Å². The van der Waals surface area contributed by atoms with Gasteiger partial charge in [-0.05, 0) is 12.1 Å². The van der Waals surface area contributed by atoms with E-state index in [-0.39, 0.29) is 30.3 Å². The van der Waals surface area contributed by atoms with E-state index in [4.69, 9.17) is 0 Å². The Kier molecular flexibility index (Phi) is 3.26. The zero-order valence-corrected chi connectivity index (χ0v) is 11.4. The Bertz CT molecular complexity index is 783. The number of rotatable bonds is 3. The third-order valence-corrected chi connectivity index (χ3v) is 3.54. The molecular weight excluding hydrogens is 272 g/mol. The lowest BCUT2D eigenvalue weighted by Gasteiger charge is -2.10. The third-order valence-electron chi connectivity index (χ3n) is 3.54. The highest BCUT2D eigenvalue weighted by atomic mass is 16.2. The molecule has 0 aromatic carbocycles. The number of carbonyl (C=O) groups excluding carboxylic acids is 2. The topological polar surface area (TPSA) is 83.8 Å². The lowest BCUT2D eigenvalue weighted by molar-refractivity contribution is -0.137. The number of carbonyl (C=O) groups is 2. The van der Waals surface area contributed by atoms with Crippen LogP contribution in [0.3, 0.4) is 0 Å². The van der Waals surface area contributed by atoms with Gasteiger partial charge in [0.25, 0.3) is 5.56 Å². The smallest absolute Gasteiger partial charge is 0.258 e. The molecule has 3 heterocycles. The van der Waals surface area contributed by atoms with Crippen LogP contribution in [-0.2, 0) is 16.1 Å². The largest absolute Gasteiger partial charge is 0.300 e. The standard InChI is InChI=1S/C14H14N4O3/c1-17-12(19)7-10(14(17)21)15-8-9-6-13(20)18-5-3-2-4-11(18)16-9/h2-6,10,15H,7-8H2,1H3. The number of amides is 2. The molecule has 21 heavy (non-hydrogen) atoms. The fourth-order valence-electron chi connectivity index (χ4n) is 2.34. The van der Waals surface area contributed by atoms with Crippen molar-refractivity contribution in [3.63, 3.8) is 0 Å². The summed E-state index contributed by atoms with van der Waals surface area (Å²) in [6.45, 7) is 0.262. The number of likely N-dealkylation sites (N-methyl/N-ethyl adjacent to an activating group) is 1. The van der Waals surface area contributed by atoms with Crippen molar-refractivity contribution in [1.29, 1.82) is 0 Å². The van der Waals surface area contributed by atoms with Gasteiger partial charge in [0.15, 0.2) is 0 Å². The minimum Gasteiger partial charge on any atom is -0.300 e. The number of aromatic nitrogens is 2. The molecule has 3 rings (SSSR count). The molecule has 0 bridgehead atoms. The molecule has 2 aromatic rings. The molecule has 1 saturated heterocycles. The second kappa shape index (κ2) is 5.10. The van der Waals surface area contributed by atoms with Crippen molar-refractivity contribution < 1.29 is 9.59 Å². The van der Waals surface area contributed by atoms with Gasteiger partial charge in [0.2, 0.25) is 11.8 Å². The molecule has 7 nitrogen and oxygen atoms in total. The quantitative estimate of drug-likeness (QED) is 0.772. The van der Waals surface area contributed by atoms with E-state index >= 15 is 0 Å². The second-order valence-electron chi connectivity index (χ2n) is 4.94. The Labute approximate surface area is 120 Å². The van der Waals surface area contributed by atoms with Gasteiger partial charge in [-0.2, -0.15) is 0 Å². The van der Waals surface area contributed by atoms with Crippen LogP contribution in [-0.4, -0.2) is 39.2 Å². The van der Waals surface area contributed by atoms with Crippen molar-refractivity contribution in [2.75, 3.05) is 7.05 Å². The van der Waals surface area contributed by atoms with Crippen LogP contribution in [0, 0.1) is 0 Å². The van der Waals surface area contributed by atoms with Crippen LogP contribution in [0.1, 0.15) is 12.1 Å². The molecule has 1 atom stereocenters. The van der Waals surface area contributed by atoms with Gasteiger partial charge in [-0.25, -0.2) is 4.98 Å². The summed E-state index contributed by atoms with van der Waals surface area (Å²) in [5, 5.41) is 2.98. The van der Waals surface area contributed by atoms with Crippen molar-refractivity contribution in [3.05, 3.63) is 46.5 Å². The van der Waals surface area contributed by atoms with E-state index in [1.165, 1.54) is 17.5 Å². The zero-order chi connectivity index (χ0) is 15.0. The molecule has 108 valence electrons. The van der Waals surface area contributed by atoms with Gasteiger partial charge in [-0.3, -0.25) is 29.0 Å². The van der Waals surface area contributed by atoms with Crippen molar-refractivity contribution in [2.24, 2.45) is 0 Å². The molecule has 0 radical (unpaired) electrons. The number of nitrogens with one attached hydrogen (secondary N) is 1. The number of likely N-dealkylation sites (tertiary alicyclic amines) is 1. The number of pyridine rings is 1. The lowest BCUT2D eigenvalue weighted by atomic mass is 10.2. The first-order valence-electron chi connectivity index (χ1n) is 6.57. The van der Waals surface area contributed by atoms with E-state index in [0.29, 0.717) is 11.3 Å². The van der Waals surface area contributed by atoms with Crippen molar-refractivity contribution >= 4 is 17.5 Å². The third kappa shape index (κ3) is 2.43. The van der Waals surface area contributed by atoms with Gasteiger partial charge in [0.1, 0.15) is 5.65 Å². The van der Waals surface area contributed by atoms with Crippen LogP contribution in [0.25, 0.3) is 5.65 Å². The van der Waals surface area contributed by atoms with Gasteiger partial charge in [0, 0.05) is 25.9 Å². The maximum atomic E-state index is 11.9. The summed E-state index contributed by atoms with van der Waals surface area (Å²) in [6.07, 6.45) is 1.79. The maximum Gasteiger partial charge on any atom is 0.258 e. The molecule has 1 fully saturated rings. The summed E-state index contributed by atoms with van der Waals surface area (Å²) in [5.74, 6) is -0.457. The van der Waals surface area contributed by atoms with Crippen molar-refractivity contribution in [3.8, 4) is 0 Å². The number of fused-ring (bicyclic) bond motifs is 1. The highest BCUT2D eigenvalue weighted by Gasteiger charge is 2.35. The Morgan fingerprint density at radius 2 is 2.14 bits per heavy atom. The lowest BCUT2D eigenvalue weighted by Crippen LogP contribution is -2.37. The van der Waals surface area contributed by atoms with Crippen LogP contribution in [0.2, 0.25) is 0 Å². The second-order valence-corrected chi connectivity index (χ2v) is 4.94. The van der Waals surface area contributed by atoms with Crippen LogP contribution in [0.4, 0.5) is 0 Å². The van der Waals surface area contributed by atoms with E-state index < -0.39 is 6.04 Å². The van der Waals surface area contributed by atoms with Gasteiger partial charge >= 0.3 is 0 Å². The summed E-state index contributed by atoms with van der Waals surface area (Å²) in [5.41, 5.74) is 0.914. The molecule has 2 amide bonds. The first-order chi connectivity index (χ1) is 10.1. The maximum absolute atomic E-state index is 11.9. The fourth-order valence-corrected chi connectivity index (χ4v) is 2.34. The average Bonchev–Trinajstić information content (AvgIpc) is 2.72. The van der Waals surface area contributed by atoms with Crippen molar-refractivity contribution in [1.82, 2.24) is 19.6 Å². The molecule has 0 spiro atoms. The molecule has 1 aliphatic heterocycles. The monoisotopic (exact) mass is 286 g/mol. The van der Waals surface area contributed by atoms with E-state index in [1.54, 1.807) is 24.4 Å². The molecule has 1 N–H and O–H groups in total. The molecule has 0 aliphatic carbocycles. The molecule has 7 heteroatoms. The molecule has 1 unspecified atom stereocenters. The van der Waals surface area contributed by atoms with Gasteiger partial charge in [-0.15, -0.1) is 0 Å². The Morgan fingerprint density at radius 1 is 1.33 bits per heavy atom. The molecule has 0 saturated carbocycles. The number of nitrogens with zero attached hydrogens (tertiary/aromatic N) is 3. The average molecular weight is 286 g/mol. The summed E-state index contributed by atoms with van der Waals surface area (Å²) >= 11 is 0. The van der Waals surface area contributed by atoms with Gasteiger partial charge in [-0.1, -0.05) is 6.07 Å². The number of hydrogen-bond donors (Lipinski definition) is 1. The van der Waals surface area contributed by atoms with E-state index in [9.17, 15) is 14.4 Å². The molecule has 1 aliphatic rings. The van der Waals surface area contributed by atoms with Crippen LogP contribution < -0.4 is 10.9 Å². The number of hydrogen-bond acceptors (Lipinski definition) is 5. The Morgan fingerprint density at radius 3 is 2.86 bits per heavy atom. The highest BCUT2D eigenvalue weighted by Crippen LogP contribution is 2.11. The highest BCUT2D eigenvalue weighted by molar-refractivity contribution is 6.05. The first kappa shape index (κ1) is 13.4. The minimum absolute atomic E-state index is 0.141. The van der Waals surface area contributed by atoms with Crippen LogP contribution in [0.5, 0.6) is 0 Å². The minimum atomic E-state index is -0.543. The van der Waals surface area contributed by atoms with Gasteiger partial charge in [0.05, 0.1) is 18.2 Å². The van der Waals surface area contributed by atoms with E-state index in [2.05, 4.69) is 10.3 Å². The van der Waals surface area contributed by atoms with E-state index in [0.717, 1.165) is 4.90 Å². The number of imide groups is 1. The van der Waals surface area contributed by atoms with Crippen LogP contribution in [0.15, 0.2) is 35.3 Å². The Balaban J connectivity index is 1.79. The Hall–Kier alpha value is -2.54. The molecule has 2 aromatic heterocycles.